The van der Waals surface area contributed by atoms with E-state index in [1.165, 1.54) is 36.9 Å². The number of hydrogen-bond donors (Lipinski definition) is 1. The molecule has 0 saturated heterocycles. The van der Waals surface area contributed by atoms with E-state index in [-0.39, 0.29) is 0 Å². The maximum absolute atomic E-state index is 5.54. The second-order valence-corrected chi connectivity index (χ2v) is 6.98. The van der Waals surface area contributed by atoms with Gasteiger partial charge in [-0.2, -0.15) is 11.8 Å². The highest BCUT2D eigenvalue weighted by Gasteiger charge is 2.35. The molecule has 2 nitrogen and oxygen atoms in total. The molecular formula is C16H23NOS. The van der Waals surface area contributed by atoms with Gasteiger partial charge in [-0.25, -0.2) is 0 Å². The van der Waals surface area contributed by atoms with Crippen LogP contribution in [0.15, 0.2) is 18.2 Å². The van der Waals surface area contributed by atoms with Crippen LogP contribution < -0.4 is 10.1 Å². The molecule has 0 amide bonds. The molecule has 1 aliphatic heterocycles. The molecule has 1 N–H and O–H groups in total. The predicted octanol–water partition coefficient (Wildman–Crippen LogP) is 3.04. The fourth-order valence-corrected chi connectivity index (χ4v) is 3.91. The maximum Gasteiger partial charge on any atom is 0.122 e. The van der Waals surface area contributed by atoms with Gasteiger partial charge in [-0.3, -0.25) is 0 Å². The monoisotopic (exact) mass is 277 g/mol. The summed E-state index contributed by atoms with van der Waals surface area (Å²) in [6.45, 7) is 3.11. The smallest absolute Gasteiger partial charge is 0.122 e. The minimum atomic E-state index is 0.547. The number of nitrogens with one attached hydrogen (secondary N) is 1. The normalized spacial score (nSPS) is 19.6. The average Bonchev–Trinajstić information content (AvgIpc) is 2.84. The molecular weight excluding hydrogens is 254 g/mol. The van der Waals surface area contributed by atoms with Crippen LogP contribution in [0.1, 0.15) is 30.4 Å². The van der Waals surface area contributed by atoms with Crippen molar-refractivity contribution in [2.45, 2.75) is 36.9 Å². The lowest BCUT2D eigenvalue weighted by Gasteiger charge is -2.40. The van der Waals surface area contributed by atoms with E-state index in [1.54, 1.807) is 0 Å². The van der Waals surface area contributed by atoms with Crippen LogP contribution in [0.5, 0.6) is 5.75 Å². The van der Waals surface area contributed by atoms with Gasteiger partial charge in [-0.1, -0.05) is 18.6 Å². The van der Waals surface area contributed by atoms with Gasteiger partial charge < -0.3 is 10.1 Å². The number of ether oxygens (including phenoxy) is 1. The topological polar surface area (TPSA) is 21.3 Å². The molecule has 0 unspecified atom stereocenters. The molecule has 1 fully saturated rings. The molecule has 1 aromatic rings. The van der Waals surface area contributed by atoms with Gasteiger partial charge in [-0.15, -0.1) is 0 Å². The summed E-state index contributed by atoms with van der Waals surface area (Å²) in [5.41, 5.74) is 2.82. The van der Waals surface area contributed by atoms with Crippen molar-refractivity contribution in [2.75, 3.05) is 26.0 Å². The summed E-state index contributed by atoms with van der Waals surface area (Å²) in [6, 6.07) is 6.66. The molecule has 2 aliphatic rings. The molecule has 3 rings (SSSR count). The van der Waals surface area contributed by atoms with Crippen LogP contribution in [0.25, 0.3) is 0 Å². The first-order valence-corrected chi connectivity index (χ1v) is 8.54. The van der Waals surface area contributed by atoms with Gasteiger partial charge in [0.1, 0.15) is 5.75 Å². The Morgan fingerprint density at radius 3 is 3.00 bits per heavy atom. The predicted molar refractivity (Wildman–Crippen MR) is 82.3 cm³/mol. The Bertz CT molecular complexity index is 437. The van der Waals surface area contributed by atoms with Crippen molar-refractivity contribution in [3.05, 3.63) is 29.3 Å². The molecule has 1 aliphatic carbocycles. The van der Waals surface area contributed by atoms with E-state index in [0.717, 1.165) is 31.7 Å². The zero-order valence-electron chi connectivity index (χ0n) is 11.7. The molecule has 0 spiro atoms. The molecule has 3 heteroatoms. The number of benzene rings is 1. The Kier molecular flexibility index (Phi) is 4.04. The van der Waals surface area contributed by atoms with Crippen LogP contribution in [0.3, 0.4) is 0 Å². The van der Waals surface area contributed by atoms with Crippen LogP contribution in [0, 0.1) is 0 Å². The Hall–Kier alpha value is -0.670. The summed E-state index contributed by atoms with van der Waals surface area (Å²) in [5.74, 6) is 1.09. The van der Waals surface area contributed by atoms with Gasteiger partial charge in [0.05, 0.1) is 6.61 Å². The minimum absolute atomic E-state index is 0.547. The van der Waals surface area contributed by atoms with Crippen molar-refractivity contribution < 1.29 is 4.74 Å². The third-order valence-corrected chi connectivity index (χ3v) is 5.91. The van der Waals surface area contributed by atoms with Crippen molar-refractivity contribution in [1.29, 1.82) is 0 Å². The van der Waals surface area contributed by atoms with Crippen molar-refractivity contribution in [1.82, 2.24) is 5.32 Å². The van der Waals surface area contributed by atoms with E-state index in [4.69, 9.17) is 4.74 Å². The van der Waals surface area contributed by atoms with E-state index < -0.39 is 0 Å². The fourth-order valence-electron chi connectivity index (χ4n) is 2.97. The lowest BCUT2D eigenvalue weighted by Crippen LogP contribution is -2.43. The Morgan fingerprint density at radius 1 is 1.37 bits per heavy atom. The second-order valence-electron chi connectivity index (χ2n) is 5.71. The lowest BCUT2D eigenvalue weighted by molar-refractivity contribution is 0.347. The van der Waals surface area contributed by atoms with Crippen LogP contribution in [-0.4, -0.2) is 30.7 Å². The third-order valence-electron chi connectivity index (χ3n) is 4.49. The van der Waals surface area contributed by atoms with Crippen molar-refractivity contribution in [3.63, 3.8) is 0 Å². The Balaban J connectivity index is 1.45. The number of fused-ring (bicyclic) bond motifs is 1. The fraction of sp³-hybridized carbons (Fsp3) is 0.625. The van der Waals surface area contributed by atoms with Crippen LogP contribution in [0.4, 0.5) is 0 Å². The molecule has 0 atom stereocenters. The summed E-state index contributed by atoms with van der Waals surface area (Å²) >= 11 is 2.04. The first-order valence-electron chi connectivity index (χ1n) is 7.32. The molecule has 0 bridgehead atoms. The molecule has 19 heavy (non-hydrogen) atoms. The second kappa shape index (κ2) is 5.76. The minimum Gasteiger partial charge on any atom is -0.493 e. The summed E-state index contributed by atoms with van der Waals surface area (Å²) in [4.78, 5) is 0. The first-order chi connectivity index (χ1) is 9.31. The van der Waals surface area contributed by atoms with E-state index >= 15 is 0 Å². The highest BCUT2D eigenvalue weighted by atomic mass is 32.2. The van der Waals surface area contributed by atoms with Crippen molar-refractivity contribution in [3.8, 4) is 5.75 Å². The summed E-state index contributed by atoms with van der Waals surface area (Å²) in [7, 11) is 0. The van der Waals surface area contributed by atoms with Crippen molar-refractivity contribution >= 4 is 11.8 Å². The van der Waals surface area contributed by atoms with Gasteiger partial charge in [0, 0.05) is 17.7 Å². The van der Waals surface area contributed by atoms with Gasteiger partial charge in [0.15, 0.2) is 0 Å². The quantitative estimate of drug-likeness (QED) is 0.808. The zero-order chi connectivity index (χ0) is 13.1. The van der Waals surface area contributed by atoms with Gasteiger partial charge in [-0.05, 0) is 49.3 Å². The molecule has 1 aromatic carbocycles. The van der Waals surface area contributed by atoms with E-state index in [9.17, 15) is 0 Å². The van der Waals surface area contributed by atoms with E-state index in [0.29, 0.717) is 4.75 Å². The standard InChI is InChI=1S/C16H23NOS/c1-19-16(7-2-8-16)12-17-9-5-13-3-4-15-14(11-13)6-10-18-15/h3-4,11,17H,2,5-10,12H2,1H3. The molecule has 1 saturated carbocycles. The summed E-state index contributed by atoms with van der Waals surface area (Å²) < 4.78 is 6.09. The Labute approximate surface area is 120 Å². The number of hydrogen-bond acceptors (Lipinski definition) is 3. The van der Waals surface area contributed by atoms with Crippen LogP contribution in [0.2, 0.25) is 0 Å². The highest BCUT2D eigenvalue weighted by molar-refractivity contribution is 8.00. The van der Waals surface area contributed by atoms with Gasteiger partial charge in [0.25, 0.3) is 0 Å². The molecule has 0 radical (unpaired) electrons. The number of rotatable bonds is 6. The van der Waals surface area contributed by atoms with Gasteiger partial charge >= 0.3 is 0 Å². The third kappa shape index (κ3) is 2.92. The molecule has 104 valence electrons. The summed E-state index contributed by atoms with van der Waals surface area (Å²) in [5, 5.41) is 3.64. The van der Waals surface area contributed by atoms with Gasteiger partial charge in [0.2, 0.25) is 0 Å². The maximum atomic E-state index is 5.54. The molecule has 0 aromatic heterocycles. The zero-order valence-corrected chi connectivity index (χ0v) is 12.5. The largest absolute Gasteiger partial charge is 0.493 e. The van der Waals surface area contributed by atoms with Crippen LogP contribution >= 0.6 is 11.8 Å². The number of thioether (sulfide) groups is 1. The Morgan fingerprint density at radius 2 is 2.26 bits per heavy atom. The lowest BCUT2D eigenvalue weighted by atomic mass is 9.84. The van der Waals surface area contributed by atoms with E-state index in [1.807, 2.05) is 11.8 Å². The van der Waals surface area contributed by atoms with Crippen molar-refractivity contribution in [2.24, 2.45) is 0 Å². The van der Waals surface area contributed by atoms with E-state index in [2.05, 4.69) is 29.8 Å². The van der Waals surface area contributed by atoms with Crippen LogP contribution in [-0.2, 0) is 12.8 Å². The molecule has 1 heterocycles. The highest BCUT2D eigenvalue weighted by Crippen LogP contribution is 2.42. The summed E-state index contributed by atoms with van der Waals surface area (Å²) in [6.07, 6.45) is 8.63. The SMILES string of the molecule is CSC1(CNCCc2ccc3c(c2)CCO3)CCC1. The first kappa shape index (κ1) is 13.3. The average molecular weight is 277 g/mol.